The van der Waals surface area contributed by atoms with Gasteiger partial charge in [-0.05, 0) is 38.0 Å². The Morgan fingerprint density at radius 3 is 2.79 bits per heavy atom. The van der Waals surface area contributed by atoms with Crippen molar-refractivity contribution in [3.63, 3.8) is 0 Å². The van der Waals surface area contributed by atoms with E-state index in [0.717, 1.165) is 5.69 Å². The molecular weight excluding hydrogens is 330 g/mol. The number of amides is 1. The van der Waals surface area contributed by atoms with Crippen molar-refractivity contribution < 1.29 is 14.7 Å². The molecule has 0 bridgehead atoms. The van der Waals surface area contributed by atoms with E-state index in [9.17, 15) is 9.59 Å². The van der Waals surface area contributed by atoms with Crippen molar-refractivity contribution in [3.8, 4) is 5.69 Å². The lowest BCUT2D eigenvalue weighted by Gasteiger charge is -2.30. The minimum atomic E-state index is -0.856. The Bertz CT molecular complexity index is 787. The van der Waals surface area contributed by atoms with Crippen LogP contribution in [0.25, 0.3) is 5.69 Å². The van der Waals surface area contributed by atoms with Crippen LogP contribution in [0.15, 0.2) is 30.3 Å². The van der Waals surface area contributed by atoms with Crippen molar-refractivity contribution in [2.24, 2.45) is 5.92 Å². The minimum absolute atomic E-state index is 0.228. The Morgan fingerprint density at radius 1 is 1.33 bits per heavy atom. The molecule has 2 aromatic rings. The van der Waals surface area contributed by atoms with Gasteiger partial charge in [0.2, 0.25) is 0 Å². The Labute approximate surface area is 144 Å². The van der Waals surface area contributed by atoms with E-state index in [0.29, 0.717) is 35.8 Å². The average molecular weight is 348 g/mol. The van der Waals surface area contributed by atoms with E-state index >= 15 is 0 Å². The number of rotatable bonds is 3. The predicted octanol–water partition coefficient (Wildman–Crippen LogP) is 2.77. The summed E-state index contributed by atoms with van der Waals surface area (Å²) >= 11 is 6.20. The molecule has 3 rings (SSSR count). The van der Waals surface area contributed by atoms with Crippen LogP contribution in [0.1, 0.15) is 29.0 Å². The maximum absolute atomic E-state index is 12.7. The van der Waals surface area contributed by atoms with E-state index < -0.39 is 11.9 Å². The summed E-state index contributed by atoms with van der Waals surface area (Å²) in [4.78, 5) is 25.4. The van der Waals surface area contributed by atoms with Crippen LogP contribution >= 0.6 is 11.6 Å². The van der Waals surface area contributed by atoms with Crippen molar-refractivity contribution >= 4 is 23.5 Å². The standard InChI is InChI=1S/C17H18ClN3O3/c1-11-9-14(19-21(11)15-7-3-2-6-13(15)18)16(22)20-8-4-5-12(10-20)17(23)24/h2-3,6-7,9,12H,4-5,8,10H2,1H3,(H,23,24). The smallest absolute Gasteiger partial charge is 0.308 e. The van der Waals surface area contributed by atoms with Crippen molar-refractivity contribution in [2.45, 2.75) is 19.8 Å². The number of carbonyl (C=O) groups is 2. The molecule has 1 atom stereocenters. The molecule has 1 saturated heterocycles. The number of carboxylic acid groups (broad SMARTS) is 1. The molecule has 7 heteroatoms. The van der Waals surface area contributed by atoms with E-state index in [2.05, 4.69) is 5.10 Å². The highest BCUT2D eigenvalue weighted by Crippen LogP contribution is 2.23. The molecule has 1 aliphatic heterocycles. The summed E-state index contributed by atoms with van der Waals surface area (Å²) in [6.45, 7) is 2.64. The van der Waals surface area contributed by atoms with Gasteiger partial charge in [0, 0.05) is 18.8 Å². The molecule has 126 valence electrons. The molecule has 24 heavy (non-hydrogen) atoms. The predicted molar refractivity (Wildman–Crippen MR) is 89.6 cm³/mol. The Morgan fingerprint density at radius 2 is 2.08 bits per heavy atom. The molecule has 6 nitrogen and oxygen atoms in total. The molecular formula is C17H18ClN3O3. The van der Waals surface area contributed by atoms with Gasteiger partial charge in [0.15, 0.2) is 5.69 Å². The molecule has 0 aliphatic carbocycles. The summed E-state index contributed by atoms with van der Waals surface area (Å²) in [5.74, 6) is -1.60. The highest BCUT2D eigenvalue weighted by Gasteiger charge is 2.30. The van der Waals surface area contributed by atoms with Crippen molar-refractivity contribution in [1.29, 1.82) is 0 Å². The molecule has 1 amide bonds. The van der Waals surface area contributed by atoms with E-state index in [-0.39, 0.29) is 12.5 Å². The van der Waals surface area contributed by atoms with Gasteiger partial charge in [-0.25, -0.2) is 4.68 Å². The van der Waals surface area contributed by atoms with Crippen LogP contribution in [-0.2, 0) is 4.79 Å². The number of para-hydroxylation sites is 1. The number of halogens is 1. The number of aromatic nitrogens is 2. The number of aliphatic carboxylic acids is 1. The van der Waals surface area contributed by atoms with Crippen LogP contribution in [-0.4, -0.2) is 44.8 Å². The van der Waals surface area contributed by atoms with E-state index in [1.807, 2.05) is 25.1 Å². The van der Waals surface area contributed by atoms with Gasteiger partial charge in [-0.2, -0.15) is 5.10 Å². The quantitative estimate of drug-likeness (QED) is 0.926. The van der Waals surface area contributed by atoms with E-state index in [4.69, 9.17) is 16.7 Å². The van der Waals surface area contributed by atoms with Gasteiger partial charge in [-0.3, -0.25) is 9.59 Å². The maximum Gasteiger partial charge on any atom is 0.308 e. The first-order valence-electron chi connectivity index (χ1n) is 7.81. The third kappa shape index (κ3) is 3.14. The molecule has 1 unspecified atom stereocenters. The zero-order valence-electron chi connectivity index (χ0n) is 13.3. The summed E-state index contributed by atoms with van der Waals surface area (Å²) in [6.07, 6.45) is 1.29. The summed E-state index contributed by atoms with van der Waals surface area (Å²) in [7, 11) is 0. The van der Waals surface area contributed by atoms with Gasteiger partial charge in [0.05, 0.1) is 16.6 Å². The number of piperidine rings is 1. The first-order valence-corrected chi connectivity index (χ1v) is 8.19. The minimum Gasteiger partial charge on any atom is -0.481 e. The summed E-state index contributed by atoms with van der Waals surface area (Å²) in [5, 5.41) is 14.1. The van der Waals surface area contributed by atoms with Crippen LogP contribution < -0.4 is 0 Å². The fourth-order valence-corrected chi connectivity index (χ4v) is 3.19. The first kappa shape index (κ1) is 16.5. The zero-order valence-corrected chi connectivity index (χ0v) is 14.0. The van der Waals surface area contributed by atoms with Gasteiger partial charge in [-0.15, -0.1) is 0 Å². The number of hydrogen-bond acceptors (Lipinski definition) is 3. The number of carboxylic acids is 1. The van der Waals surface area contributed by atoms with Crippen molar-refractivity contribution in [2.75, 3.05) is 13.1 Å². The summed E-state index contributed by atoms with van der Waals surface area (Å²) < 4.78 is 1.63. The van der Waals surface area contributed by atoms with Crippen molar-refractivity contribution in [1.82, 2.24) is 14.7 Å². The Kier molecular flexibility index (Phi) is 4.57. The molecule has 1 fully saturated rings. The molecule has 1 aliphatic rings. The number of carbonyl (C=O) groups excluding carboxylic acids is 1. The zero-order chi connectivity index (χ0) is 17.3. The van der Waals surface area contributed by atoms with Crippen LogP contribution in [0.4, 0.5) is 0 Å². The van der Waals surface area contributed by atoms with Gasteiger partial charge >= 0.3 is 5.97 Å². The topological polar surface area (TPSA) is 75.4 Å². The number of hydrogen-bond donors (Lipinski definition) is 1. The second-order valence-electron chi connectivity index (χ2n) is 5.96. The molecule has 0 saturated carbocycles. The van der Waals surface area contributed by atoms with E-state index in [1.54, 1.807) is 21.7 Å². The maximum atomic E-state index is 12.7. The fourth-order valence-electron chi connectivity index (χ4n) is 2.97. The lowest BCUT2D eigenvalue weighted by molar-refractivity contribution is -0.143. The molecule has 2 heterocycles. The fraction of sp³-hybridized carbons (Fsp3) is 0.353. The lowest BCUT2D eigenvalue weighted by atomic mass is 9.98. The van der Waals surface area contributed by atoms with E-state index in [1.165, 1.54) is 0 Å². The van der Waals surface area contributed by atoms with Gasteiger partial charge < -0.3 is 10.0 Å². The number of aryl methyl sites for hydroxylation is 1. The molecule has 1 aromatic carbocycles. The van der Waals surface area contributed by atoms with Crippen LogP contribution in [0.2, 0.25) is 5.02 Å². The molecule has 1 N–H and O–H groups in total. The second kappa shape index (κ2) is 6.65. The SMILES string of the molecule is Cc1cc(C(=O)N2CCCC(C(=O)O)C2)nn1-c1ccccc1Cl. The Hall–Kier alpha value is -2.34. The lowest BCUT2D eigenvalue weighted by Crippen LogP contribution is -2.42. The van der Waals surface area contributed by atoms with Gasteiger partial charge in [0.1, 0.15) is 0 Å². The number of benzene rings is 1. The van der Waals surface area contributed by atoms with Crippen LogP contribution in [0, 0.1) is 12.8 Å². The monoisotopic (exact) mass is 347 g/mol. The highest BCUT2D eigenvalue weighted by molar-refractivity contribution is 6.32. The largest absolute Gasteiger partial charge is 0.481 e. The summed E-state index contributed by atoms with van der Waals surface area (Å²) in [6, 6.07) is 8.98. The number of likely N-dealkylation sites (tertiary alicyclic amines) is 1. The van der Waals surface area contributed by atoms with Gasteiger partial charge in [-0.1, -0.05) is 23.7 Å². The first-order chi connectivity index (χ1) is 11.5. The molecule has 0 spiro atoms. The Balaban J connectivity index is 1.86. The van der Waals surface area contributed by atoms with Crippen LogP contribution in [0.3, 0.4) is 0 Å². The van der Waals surface area contributed by atoms with Crippen molar-refractivity contribution in [3.05, 3.63) is 46.7 Å². The van der Waals surface area contributed by atoms with Crippen LogP contribution in [0.5, 0.6) is 0 Å². The molecule has 0 radical (unpaired) electrons. The highest BCUT2D eigenvalue weighted by atomic mass is 35.5. The van der Waals surface area contributed by atoms with Gasteiger partial charge in [0.25, 0.3) is 5.91 Å². The second-order valence-corrected chi connectivity index (χ2v) is 6.37. The normalized spacial score (nSPS) is 17.8. The average Bonchev–Trinajstić information content (AvgIpc) is 2.96. The third-order valence-corrected chi connectivity index (χ3v) is 4.56. The third-order valence-electron chi connectivity index (χ3n) is 4.25. The molecule has 1 aromatic heterocycles. The summed E-state index contributed by atoms with van der Waals surface area (Å²) in [5.41, 5.74) is 1.80. The number of nitrogens with zero attached hydrogens (tertiary/aromatic N) is 3.